The van der Waals surface area contributed by atoms with Crippen molar-refractivity contribution in [3.05, 3.63) is 26.2 Å². The molecular formula is C13H13BrF2INO. The molecule has 0 bridgehead atoms. The third kappa shape index (κ3) is 4.11. The minimum Gasteiger partial charge on any atom is -0.326 e. The zero-order chi connectivity index (χ0) is 14.0. The molecule has 0 heterocycles. The van der Waals surface area contributed by atoms with Crippen molar-refractivity contribution < 1.29 is 13.6 Å². The lowest BCUT2D eigenvalue weighted by Crippen LogP contribution is -2.31. The number of anilines is 1. The molecule has 1 aromatic carbocycles. The Morgan fingerprint density at radius 1 is 1.37 bits per heavy atom. The van der Waals surface area contributed by atoms with Crippen molar-refractivity contribution in [2.75, 3.05) is 5.32 Å². The second-order valence-electron chi connectivity index (χ2n) is 4.75. The fourth-order valence-electron chi connectivity index (χ4n) is 2.12. The van der Waals surface area contributed by atoms with E-state index >= 15 is 0 Å². The highest BCUT2D eigenvalue weighted by Gasteiger charge is 2.37. The molecule has 0 aliphatic heterocycles. The Hall–Kier alpha value is -0.240. The molecule has 1 aromatic rings. The first-order chi connectivity index (χ1) is 8.87. The fourth-order valence-corrected chi connectivity index (χ4v) is 2.88. The Balaban J connectivity index is 1.96. The summed E-state index contributed by atoms with van der Waals surface area (Å²) in [5.74, 6) is -3.06. The lowest BCUT2D eigenvalue weighted by atomic mass is 9.86. The Morgan fingerprint density at radius 2 is 2.00 bits per heavy atom. The van der Waals surface area contributed by atoms with Crippen LogP contribution in [0.4, 0.5) is 14.5 Å². The van der Waals surface area contributed by atoms with Gasteiger partial charge in [-0.15, -0.1) is 0 Å². The van der Waals surface area contributed by atoms with E-state index in [1.807, 2.05) is 12.1 Å². The average Bonchev–Trinajstić information content (AvgIpc) is 2.33. The molecule has 6 heteroatoms. The summed E-state index contributed by atoms with van der Waals surface area (Å²) >= 11 is 5.54. The van der Waals surface area contributed by atoms with Crippen LogP contribution in [0.3, 0.4) is 0 Å². The zero-order valence-electron chi connectivity index (χ0n) is 10.1. The minimum absolute atomic E-state index is 0.159. The van der Waals surface area contributed by atoms with Gasteiger partial charge >= 0.3 is 0 Å². The summed E-state index contributed by atoms with van der Waals surface area (Å²) in [6.07, 6.45) is 0.130. The number of carbonyl (C=O) groups excluding carboxylic acids is 1. The number of hydrogen-bond acceptors (Lipinski definition) is 1. The number of nitrogens with one attached hydrogen (secondary N) is 1. The van der Waals surface area contributed by atoms with Crippen molar-refractivity contribution in [2.45, 2.75) is 31.6 Å². The van der Waals surface area contributed by atoms with E-state index in [0.717, 1.165) is 8.04 Å². The topological polar surface area (TPSA) is 29.1 Å². The third-order valence-electron chi connectivity index (χ3n) is 3.28. The van der Waals surface area contributed by atoms with Gasteiger partial charge in [-0.05, 0) is 69.6 Å². The monoisotopic (exact) mass is 443 g/mol. The molecule has 19 heavy (non-hydrogen) atoms. The second kappa shape index (κ2) is 6.03. The molecule has 1 fully saturated rings. The maximum atomic E-state index is 13.0. The molecule has 0 radical (unpaired) electrons. The van der Waals surface area contributed by atoms with Crippen LogP contribution < -0.4 is 5.32 Å². The van der Waals surface area contributed by atoms with Gasteiger partial charge in [0.1, 0.15) is 0 Å². The van der Waals surface area contributed by atoms with Crippen LogP contribution in [0.1, 0.15) is 25.7 Å². The number of carbonyl (C=O) groups is 1. The van der Waals surface area contributed by atoms with E-state index in [4.69, 9.17) is 0 Å². The lowest BCUT2D eigenvalue weighted by Gasteiger charge is -2.27. The Bertz CT molecular complexity index is 486. The molecule has 1 saturated carbocycles. The Morgan fingerprint density at radius 3 is 2.58 bits per heavy atom. The first-order valence-corrected chi connectivity index (χ1v) is 7.88. The second-order valence-corrected chi connectivity index (χ2v) is 6.76. The number of halogens is 4. The molecule has 2 nitrogen and oxygen atoms in total. The predicted octanol–water partition coefficient (Wildman–Crippen LogP) is 4.82. The van der Waals surface area contributed by atoms with Gasteiger partial charge in [-0.1, -0.05) is 0 Å². The van der Waals surface area contributed by atoms with Gasteiger partial charge in [0.25, 0.3) is 0 Å². The van der Waals surface area contributed by atoms with Crippen LogP contribution in [0.2, 0.25) is 0 Å². The zero-order valence-corrected chi connectivity index (χ0v) is 13.8. The van der Waals surface area contributed by atoms with Crippen LogP contribution in [0.15, 0.2) is 22.7 Å². The molecule has 1 amide bonds. The molecule has 104 valence electrons. The molecule has 2 rings (SSSR count). The van der Waals surface area contributed by atoms with Gasteiger partial charge < -0.3 is 5.32 Å². The summed E-state index contributed by atoms with van der Waals surface area (Å²) in [6.45, 7) is 0. The number of hydrogen-bond donors (Lipinski definition) is 1. The first-order valence-electron chi connectivity index (χ1n) is 6.01. The summed E-state index contributed by atoms with van der Waals surface area (Å²) in [4.78, 5) is 12.0. The standard InChI is InChI=1S/C13H13BrF2INO/c14-10-2-1-9(7-11(10)17)18-12(19)8-3-5-13(15,16)6-4-8/h1-2,7-8H,3-6H2,(H,18,19). The van der Waals surface area contributed by atoms with Gasteiger partial charge in [-0.2, -0.15) is 0 Å². The van der Waals surface area contributed by atoms with E-state index < -0.39 is 5.92 Å². The normalized spacial score (nSPS) is 19.2. The Labute approximate surface area is 132 Å². The van der Waals surface area contributed by atoms with Crippen LogP contribution in [0.5, 0.6) is 0 Å². The van der Waals surface area contributed by atoms with Crippen molar-refractivity contribution in [3.8, 4) is 0 Å². The predicted molar refractivity (Wildman–Crippen MR) is 82.4 cm³/mol. The summed E-state index contributed by atoms with van der Waals surface area (Å²) in [7, 11) is 0. The molecule has 1 N–H and O–H groups in total. The van der Waals surface area contributed by atoms with E-state index in [-0.39, 0.29) is 37.5 Å². The molecule has 0 unspecified atom stereocenters. The van der Waals surface area contributed by atoms with E-state index in [9.17, 15) is 13.6 Å². The van der Waals surface area contributed by atoms with Gasteiger partial charge in [0.2, 0.25) is 11.8 Å². The van der Waals surface area contributed by atoms with Crippen LogP contribution in [0.25, 0.3) is 0 Å². The summed E-state index contributed by atoms with van der Waals surface area (Å²) in [5.41, 5.74) is 0.704. The highest BCUT2D eigenvalue weighted by molar-refractivity contribution is 14.1. The summed E-state index contributed by atoms with van der Waals surface area (Å²) in [5, 5.41) is 2.80. The molecule has 1 aliphatic rings. The minimum atomic E-state index is -2.59. The van der Waals surface area contributed by atoms with Crippen LogP contribution in [0, 0.1) is 9.49 Å². The lowest BCUT2D eigenvalue weighted by molar-refractivity contribution is -0.124. The van der Waals surface area contributed by atoms with Gasteiger partial charge in [0.15, 0.2) is 0 Å². The first kappa shape index (κ1) is 15.2. The third-order valence-corrected chi connectivity index (χ3v) is 5.60. The van der Waals surface area contributed by atoms with E-state index in [1.54, 1.807) is 6.07 Å². The average molecular weight is 444 g/mol. The molecule has 1 aliphatic carbocycles. The summed E-state index contributed by atoms with van der Waals surface area (Å²) < 4.78 is 28.0. The van der Waals surface area contributed by atoms with Gasteiger partial charge in [0.05, 0.1) is 0 Å². The van der Waals surface area contributed by atoms with Crippen LogP contribution in [-0.4, -0.2) is 11.8 Å². The quantitative estimate of drug-likeness (QED) is 0.652. The Kier molecular flexibility index (Phi) is 4.81. The van der Waals surface area contributed by atoms with Crippen LogP contribution >= 0.6 is 38.5 Å². The molecule has 0 saturated heterocycles. The highest BCUT2D eigenvalue weighted by atomic mass is 127. The van der Waals surface area contributed by atoms with Crippen LogP contribution in [-0.2, 0) is 4.79 Å². The van der Waals surface area contributed by atoms with Crippen molar-refractivity contribution in [3.63, 3.8) is 0 Å². The van der Waals surface area contributed by atoms with Gasteiger partial charge in [0, 0.05) is 32.5 Å². The number of rotatable bonds is 2. The van der Waals surface area contributed by atoms with Gasteiger partial charge in [-0.3, -0.25) is 4.79 Å². The number of alkyl halides is 2. The van der Waals surface area contributed by atoms with Gasteiger partial charge in [-0.25, -0.2) is 8.78 Å². The largest absolute Gasteiger partial charge is 0.326 e. The van der Waals surface area contributed by atoms with Crippen molar-refractivity contribution in [2.24, 2.45) is 5.92 Å². The maximum absolute atomic E-state index is 13.0. The smallest absolute Gasteiger partial charge is 0.248 e. The highest BCUT2D eigenvalue weighted by Crippen LogP contribution is 2.36. The number of amides is 1. The maximum Gasteiger partial charge on any atom is 0.248 e. The van der Waals surface area contributed by atoms with Crippen molar-refractivity contribution >= 4 is 50.1 Å². The van der Waals surface area contributed by atoms with E-state index in [2.05, 4.69) is 43.8 Å². The van der Waals surface area contributed by atoms with Crippen molar-refractivity contribution in [1.29, 1.82) is 0 Å². The fraction of sp³-hybridized carbons (Fsp3) is 0.462. The van der Waals surface area contributed by atoms with E-state index in [1.165, 1.54) is 0 Å². The molecule has 0 spiro atoms. The molecule has 0 atom stereocenters. The molecular weight excluding hydrogens is 431 g/mol. The SMILES string of the molecule is O=C(Nc1ccc(Br)c(I)c1)C1CCC(F)(F)CC1. The molecule has 0 aromatic heterocycles. The number of benzene rings is 1. The van der Waals surface area contributed by atoms with E-state index in [0.29, 0.717) is 5.69 Å². The van der Waals surface area contributed by atoms with Crippen molar-refractivity contribution in [1.82, 2.24) is 0 Å². The summed E-state index contributed by atoms with van der Waals surface area (Å²) in [6, 6.07) is 5.49.